The maximum absolute atomic E-state index is 12.8. The van der Waals surface area contributed by atoms with E-state index in [1.807, 2.05) is 4.68 Å². The molecule has 0 bridgehead atoms. The number of hydrogen-bond donors (Lipinski definition) is 3. The van der Waals surface area contributed by atoms with Gasteiger partial charge in [0.25, 0.3) is 11.1 Å². The van der Waals surface area contributed by atoms with Gasteiger partial charge in [-0.1, -0.05) is 31.7 Å². The second-order valence-corrected chi connectivity index (χ2v) is 8.01. The molecule has 0 saturated heterocycles. The van der Waals surface area contributed by atoms with Gasteiger partial charge in [-0.3, -0.25) is 24.2 Å². The zero-order valence-electron chi connectivity index (χ0n) is 14.4. The summed E-state index contributed by atoms with van der Waals surface area (Å²) in [7, 11) is 0. The normalized spacial score (nSPS) is 21.5. The van der Waals surface area contributed by atoms with Crippen LogP contribution in [0.5, 0.6) is 0 Å². The van der Waals surface area contributed by atoms with Gasteiger partial charge in [0, 0.05) is 11.8 Å². The molecular weight excluding hydrogens is 352 g/mol. The molecule has 0 unspecified atom stereocenters. The number of rotatable bonds is 2. The number of fused-ring (bicyclic) bond motifs is 1. The lowest BCUT2D eigenvalue weighted by molar-refractivity contribution is -0.113. The van der Waals surface area contributed by atoms with Crippen LogP contribution in [0.1, 0.15) is 60.9 Å². The van der Waals surface area contributed by atoms with E-state index >= 15 is 0 Å². The molecule has 1 aliphatic carbocycles. The first-order chi connectivity index (χ1) is 12.6. The van der Waals surface area contributed by atoms with E-state index in [9.17, 15) is 14.4 Å². The molecule has 0 spiro atoms. The van der Waals surface area contributed by atoms with Gasteiger partial charge in [-0.2, -0.15) is 0 Å². The van der Waals surface area contributed by atoms with Crippen molar-refractivity contribution in [1.29, 1.82) is 0 Å². The molecule has 8 heteroatoms. The van der Waals surface area contributed by atoms with Crippen molar-refractivity contribution in [1.82, 2.24) is 14.8 Å². The molecule has 7 nitrogen and oxygen atoms in total. The van der Waals surface area contributed by atoms with Crippen molar-refractivity contribution >= 4 is 23.5 Å². The van der Waals surface area contributed by atoms with Crippen molar-refractivity contribution in [2.24, 2.45) is 0 Å². The van der Waals surface area contributed by atoms with E-state index in [0.29, 0.717) is 16.9 Å². The second kappa shape index (κ2) is 7.19. The molecule has 3 N–H and O–H groups in total. The SMILES string of the molecule is O=C1CS[C@@H](c2ccc[nH]c2=O)c2c(n(C3CCCCCC3)[nH]c2=O)N1. The van der Waals surface area contributed by atoms with Gasteiger partial charge in [-0.15, -0.1) is 11.8 Å². The lowest BCUT2D eigenvalue weighted by Gasteiger charge is -2.19. The van der Waals surface area contributed by atoms with Crippen LogP contribution in [0.4, 0.5) is 5.82 Å². The molecule has 26 heavy (non-hydrogen) atoms. The van der Waals surface area contributed by atoms with Gasteiger partial charge in [0.1, 0.15) is 5.82 Å². The number of nitrogens with one attached hydrogen (secondary N) is 3. The molecule has 1 aliphatic heterocycles. The van der Waals surface area contributed by atoms with Gasteiger partial charge in [0.05, 0.1) is 22.6 Å². The predicted octanol–water partition coefficient (Wildman–Crippen LogP) is 2.53. The van der Waals surface area contributed by atoms with E-state index in [2.05, 4.69) is 15.4 Å². The third kappa shape index (κ3) is 3.13. The maximum Gasteiger partial charge on any atom is 0.270 e. The number of nitrogens with zero attached hydrogens (tertiary/aromatic N) is 1. The Balaban J connectivity index is 1.84. The number of amides is 1. The zero-order chi connectivity index (χ0) is 18.1. The Kier molecular flexibility index (Phi) is 4.76. The van der Waals surface area contributed by atoms with Crippen molar-refractivity contribution < 1.29 is 4.79 Å². The quantitative estimate of drug-likeness (QED) is 0.703. The Morgan fingerprint density at radius 3 is 2.54 bits per heavy atom. The summed E-state index contributed by atoms with van der Waals surface area (Å²) in [5, 5.41) is 5.38. The van der Waals surface area contributed by atoms with Crippen molar-refractivity contribution in [2.45, 2.75) is 49.8 Å². The van der Waals surface area contributed by atoms with Crippen molar-refractivity contribution in [3.63, 3.8) is 0 Å². The van der Waals surface area contributed by atoms with Crippen LogP contribution in [-0.4, -0.2) is 26.4 Å². The summed E-state index contributed by atoms with van der Waals surface area (Å²) in [5.74, 6) is 0.593. The number of aromatic nitrogens is 3. The first kappa shape index (κ1) is 17.2. The van der Waals surface area contributed by atoms with E-state index in [0.717, 1.165) is 25.7 Å². The van der Waals surface area contributed by atoms with Gasteiger partial charge in [-0.25, -0.2) is 0 Å². The van der Waals surface area contributed by atoms with Crippen LogP contribution in [0.2, 0.25) is 0 Å². The fourth-order valence-electron chi connectivity index (χ4n) is 3.92. The van der Waals surface area contributed by atoms with Crippen LogP contribution in [0.3, 0.4) is 0 Å². The van der Waals surface area contributed by atoms with Crippen LogP contribution >= 0.6 is 11.8 Å². The highest BCUT2D eigenvalue weighted by atomic mass is 32.2. The van der Waals surface area contributed by atoms with Gasteiger partial charge < -0.3 is 10.3 Å². The lowest BCUT2D eigenvalue weighted by Crippen LogP contribution is -2.20. The summed E-state index contributed by atoms with van der Waals surface area (Å²) in [5.41, 5.74) is 0.514. The number of anilines is 1. The lowest BCUT2D eigenvalue weighted by atomic mass is 10.1. The van der Waals surface area contributed by atoms with Crippen LogP contribution in [0, 0.1) is 0 Å². The Morgan fingerprint density at radius 1 is 1.04 bits per heavy atom. The largest absolute Gasteiger partial charge is 0.329 e. The monoisotopic (exact) mass is 374 g/mol. The average Bonchev–Trinajstić information content (AvgIpc) is 2.83. The number of pyridine rings is 1. The predicted molar refractivity (Wildman–Crippen MR) is 102 cm³/mol. The smallest absolute Gasteiger partial charge is 0.270 e. The summed E-state index contributed by atoms with van der Waals surface area (Å²) in [6, 6.07) is 3.64. The van der Waals surface area contributed by atoms with E-state index in [4.69, 9.17) is 0 Å². The second-order valence-electron chi connectivity index (χ2n) is 6.91. The summed E-state index contributed by atoms with van der Waals surface area (Å²) in [6.07, 6.45) is 8.17. The molecule has 2 aromatic rings. The van der Waals surface area contributed by atoms with Gasteiger partial charge >= 0.3 is 0 Å². The third-order valence-corrected chi connectivity index (χ3v) is 6.44. The molecule has 2 aromatic heterocycles. The third-order valence-electron chi connectivity index (χ3n) is 5.18. The van der Waals surface area contributed by atoms with Crippen molar-refractivity contribution in [3.05, 3.63) is 50.2 Å². The molecular formula is C18H22N4O3S. The molecule has 3 heterocycles. The molecule has 138 valence electrons. The Labute approximate surface area is 154 Å². The van der Waals surface area contributed by atoms with Crippen LogP contribution < -0.4 is 16.4 Å². The molecule has 1 atom stereocenters. The molecule has 1 saturated carbocycles. The number of carbonyl (C=O) groups is 1. The number of aromatic amines is 2. The molecule has 2 aliphatic rings. The molecule has 1 fully saturated rings. The van der Waals surface area contributed by atoms with Crippen molar-refractivity contribution in [3.8, 4) is 0 Å². The highest BCUT2D eigenvalue weighted by Crippen LogP contribution is 2.40. The summed E-state index contributed by atoms with van der Waals surface area (Å²) >= 11 is 1.31. The minimum Gasteiger partial charge on any atom is -0.329 e. The molecule has 4 rings (SSSR count). The van der Waals surface area contributed by atoms with Gasteiger partial charge in [0.15, 0.2) is 0 Å². The zero-order valence-corrected chi connectivity index (χ0v) is 15.2. The summed E-state index contributed by atoms with van der Waals surface area (Å²) < 4.78 is 1.84. The van der Waals surface area contributed by atoms with E-state index in [1.165, 1.54) is 24.6 Å². The van der Waals surface area contributed by atoms with Crippen LogP contribution in [0.15, 0.2) is 27.9 Å². The highest BCUT2D eigenvalue weighted by Gasteiger charge is 2.33. The Hall–Kier alpha value is -2.22. The van der Waals surface area contributed by atoms with E-state index < -0.39 is 5.25 Å². The first-order valence-electron chi connectivity index (χ1n) is 9.08. The number of thioether (sulfide) groups is 1. The Morgan fingerprint density at radius 2 is 1.81 bits per heavy atom. The minimum atomic E-state index is -0.468. The van der Waals surface area contributed by atoms with Crippen LogP contribution in [-0.2, 0) is 4.79 Å². The molecule has 0 radical (unpaired) electrons. The highest BCUT2D eigenvalue weighted by molar-refractivity contribution is 8.00. The average molecular weight is 374 g/mol. The van der Waals surface area contributed by atoms with Gasteiger partial charge in [-0.05, 0) is 18.9 Å². The van der Waals surface area contributed by atoms with E-state index in [1.54, 1.807) is 18.3 Å². The van der Waals surface area contributed by atoms with Crippen molar-refractivity contribution in [2.75, 3.05) is 11.1 Å². The van der Waals surface area contributed by atoms with Gasteiger partial charge in [0.2, 0.25) is 5.91 Å². The fourth-order valence-corrected chi connectivity index (χ4v) is 5.06. The number of carbonyl (C=O) groups excluding carboxylic acids is 1. The summed E-state index contributed by atoms with van der Waals surface area (Å²) in [6.45, 7) is 0. The summed E-state index contributed by atoms with van der Waals surface area (Å²) in [4.78, 5) is 40.0. The first-order valence-corrected chi connectivity index (χ1v) is 10.1. The fraction of sp³-hybridized carbons (Fsp3) is 0.500. The van der Waals surface area contributed by atoms with E-state index in [-0.39, 0.29) is 28.8 Å². The standard InChI is InChI=1S/C18H22N4O3S/c23-13-10-26-15(12-8-5-9-19-17(12)24)14-16(20-13)22(21-18(14)25)11-6-3-1-2-4-7-11/h5,8-9,11,15H,1-4,6-7,10H2,(H,19,24)(H,20,23)(H,21,25)/t15-/m0/s1. The Bertz CT molecular complexity index is 921. The topological polar surface area (TPSA) is 99.8 Å². The molecule has 1 amide bonds. The molecule has 0 aromatic carbocycles. The number of hydrogen-bond acceptors (Lipinski definition) is 4. The van der Waals surface area contributed by atoms with Crippen LogP contribution in [0.25, 0.3) is 0 Å². The minimum absolute atomic E-state index is 0.146. The maximum atomic E-state index is 12.8. The number of H-pyrrole nitrogens is 2.